The first kappa shape index (κ1) is 13.7. The van der Waals surface area contributed by atoms with Crippen molar-refractivity contribution in [2.75, 3.05) is 5.32 Å². The molecular weight excluding hydrogens is 284 g/mol. The Hall–Kier alpha value is -2.26. The molecular formula is C17H15ClN2O. The lowest BCUT2D eigenvalue weighted by Crippen LogP contribution is -2.13. The number of H-pyrrole nitrogens is 1. The molecule has 2 N–H and O–H groups in total. The Labute approximate surface area is 127 Å². The normalized spacial score (nSPS) is 10.8. The summed E-state index contributed by atoms with van der Waals surface area (Å²) in [5.74, 6) is -0.235. The number of anilines is 1. The Kier molecular flexibility index (Phi) is 3.43. The number of carbonyl (C=O) groups excluding carboxylic acids is 1. The average molecular weight is 299 g/mol. The molecule has 0 saturated heterocycles. The predicted octanol–water partition coefficient (Wildman–Crippen LogP) is 4.69. The van der Waals surface area contributed by atoms with E-state index < -0.39 is 0 Å². The van der Waals surface area contributed by atoms with Gasteiger partial charge in [0.15, 0.2) is 0 Å². The summed E-state index contributed by atoms with van der Waals surface area (Å²) in [6.07, 6.45) is 0. The van der Waals surface area contributed by atoms with E-state index in [1.165, 1.54) is 0 Å². The van der Waals surface area contributed by atoms with Gasteiger partial charge >= 0.3 is 0 Å². The van der Waals surface area contributed by atoms with Crippen LogP contribution in [0.15, 0.2) is 42.5 Å². The van der Waals surface area contributed by atoms with Crippen molar-refractivity contribution in [2.24, 2.45) is 0 Å². The van der Waals surface area contributed by atoms with Gasteiger partial charge in [0, 0.05) is 16.6 Å². The molecule has 3 nitrogen and oxygen atoms in total. The molecule has 2 aromatic carbocycles. The number of nitrogens with one attached hydrogen (secondary N) is 2. The van der Waals surface area contributed by atoms with Gasteiger partial charge in [-0.2, -0.15) is 0 Å². The van der Waals surface area contributed by atoms with Gasteiger partial charge in [0.1, 0.15) is 5.69 Å². The Bertz CT molecular complexity index is 816. The fourth-order valence-corrected chi connectivity index (χ4v) is 2.80. The van der Waals surface area contributed by atoms with E-state index in [0.717, 1.165) is 27.7 Å². The molecule has 106 valence electrons. The molecule has 0 saturated carbocycles. The topological polar surface area (TPSA) is 44.9 Å². The summed E-state index contributed by atoms with van der Waals surface area (Å²) in [7, 11) is 0. The number of carbonyl (C=O) groups is 1. The Balaban J connectivity index is 1.95. The second-order valence-corrected chi connectivity index (χ2v) is 5.57. The van der Waals surface area contributed by atoms with Gasteiger partial charge in [0.25, 0.3) is 5.91 Å². The third kappa shape index (κ3) is 2.65. The highest BCUT2D eigenvalue weighted by Crippen LogP contribution is 2.27. The van der Waals surface area contributed by atoms with E-state index in [-0.39, 0.29) is 5.91 Å². The first-order valence-electron chi connectivity index (χ1n) is 6.70. The van der Waals surface area contributed by atoms with Gasteiger partial charge < -0.3 is 10.3 Å². The molecule has 1 aromatic heterocycles. The van der Waals surface area contributed by atoms with Crippen LogP contribution in [0.2, 0.25) is 5.02 Å². The largest absolute Gasteiger partial charge is 0.349 e. The molecule has 3 aromatic rings. The highest BCUT2D eigenvalue weighted by molar-refractivity contribution is 6.39. The number of aryl methyl sites for hydroxylation is 2. The number of rotatable bonds is 2. The minimum atomic E-state index is -0.235. The van der Waals surface area contributed by atoms with Gasteiger partial charge in [-0.05, 0) is 43.2 Å². The molecule has 0 spiro atoms. The zero-order valence-corrected chi connectivity index (χ0v) is 12.6. The summed E-state index contributed by atoms with van der Waals surface area (Å²) in [5, 5.41) is 4.19. The molecule has 4 heteroatoms. The lowest BCUT2D eigenvalue weighted by atomic mass is 10.1. The highest BCUT2D eigenvalue weighted by Gasteiger charge is 2.16. The average Bonchev–Trinajstić information content (AvgIpc) is 2.76. The van der Waals surface area contributed by atoms with Crippen molar-refractivity contribution in [3.63, 3.8) is 0 Å². The number of para-hydroxylation sites is 1. The molecule has 0 aliphatic carbocycles. The molecule has 0 radical (unpaired) electrons. The van der Waals surface area contributed by atoms with Crippen LogP contribution in [0.1, 0.15) is 21.6 Å². The van der Waals surface area contributed by atoms with Crippen molar-refractivity contribution in [1.82, 2.24) is 4.98 Å². The van der Waals surface area contributed by atoms with Gasteiger partial charge in [0.05, 0.1) is 5.02 Å². The Morgan fingerprint density at radius 1 is 1.10 bits per heavy atom. The summed E-state index contributed by atoms with van der Waals surface area (Å²) >= 11 is 6.29. The minimum absolute atomic E-state index is 0.235. The lowest BCUT2D eigenvalue weighted by Gasteiger charge is -2.07. The summed E-state index contributed by atoms with van der Waals surface area (Å²) in [4.78, 5) is 15.5. The van der Waals surface area contributed by atoms with Crippen LogP contribution in [0.25, 0.3) is 10.9 Å². The number of aromatic amines is 1. The summed E-state index contributed by atoms with van der Waals surface area (Å²) in [6, 6.07) is 13.5. The van der Waals surface area contributed by atoms with Crippen LogP contribution in [0.4, 0.5) is 5.69 Å². The lowest BCUT2D eigenvalue weighted by molar-refractivity contribution is 0.102. The first-order chi connectivity index (χ1) is 10.0. The van der Waals surface area contributed by atoms with E-state index in [1.807, 2.05) is 50.2 Å². The maximum Gasteiger partial charge on any atom is 0.273 e. The molecule has 0 fully saturated rings. The molecule has 0 aliphatic rings. The monoisotopic (exact) mass is 298 g/mol. The predicted molar refractivity (Wildman–Crippen MR) is 87.2 cm³/mol. The van der Waals surface area contributed by atoms with Gasteiger partial charge in [-0.3, -0.25) is 4.79 Å². The number of hydrogen-bond acceptors (Lipinski definition) is 1. The second kappa shape index (κ2) is 5.26. The molecule has 1 amide bonds. The zero-order chi connectivity index (χ0) is 15.0. The highest BCUT2D eigenvalue weighted by atomic mass is 35.5. The van der Waals surface area contributed by atoms with E-state index in [2.05, 4.69) is 16.4 Å². The van der Waals surface area contributed by atoms with Gasteiger partial charge in [-0.25, -0.2) is 0 Å². The maximum absolute atomic E-state index is 12.4. The third-order valence-electron chi connectivity index (χ3n) is 3.35. The van der Waals surface area contributed by atoms with E-state index >= 15 is 0 Å². The van der Waals surface area contributed by atoms with Crippen molar-refractivity contribution in [2.45, 2.75) is 13.8 Å². The summed E-state index contributed by atoms with van der Waals surface area (Å²) in [5.41, 5.74) is 4.22. The maximum atomic E-state index is 12.4. The van der Waals surface area contributed by atoms with Crippen LogP contribution in [0.5, 0.6) is 0 Å². The standard InChI is InChI=1S/C17H15ClN2O/c1-10-7-11(2)9-12(8-10)19-17(21)16-15(18)13-5-3-4-6-14(13)20-16/h3-9,20H,1-2H3,(H,19,21). The summed E-state index contributed by atoms with van der Waals surface area (Å²) < 4.78 is 0. The fraction of sp³-hybridized carbons (Fsp3) is 0.118. The second-order valence-electron chi connectivity index (χ2n) is 5.19. The number of amides is 1. The number of halogens is 1. The smallest absolute Gasteiger partial charge is 0.273 e. The minimum Gasteiger partial charge on any atom is -0.349 e. The number of aromatic nitrogens is 1. The molecule has 0 atom stereocenters. The Morgan fingerprint density at radius 2 is 1.76 bits per heavy atom. The van der Waals surface area contributed by atoms with Crippen LogP contribution in [0.3, 0.4) is 0 Å². The van der Waals surface area contributed by atoms with E-state index in [0.29, 0.717) is 10.7 Å². The zero-order valence-electron chi connectivity index (χ0n) is 11.8. The number of fused-ring (bicyclic) bond motifs is 1. The van der Waals surface area contributed by atoms with E-state index in [4.69, 9.17) is 11.6 Å². The Morgan fingerprint density at radius 3 is 2.43 bits per heavy atom. The van der Waals surface area contributed by atoms with Crippen LogP contribution in [-0.4, -0.2) is 10.9 Å². The SMILES string of the molecule is Cc1cc(C)cc(NC(=O)c2[nH]c3ccccc3c2Cl)c1. The van der Waals surface area contributed by atoms with Crippen molar-refractivity contribution in [3.8, 4) is 0 Å². The van der Waals surface area contributed by atoms with Gasteiger partial charge in [0.2, 0.25) is 0 Å². The van der Waals surface area contributed by atoms with Crippen molar-refractivity contribution in [3.05, 3.63) is 64.3 Å². The summed E-state index contributed by atoms with van der Waals surface area (Å²) in [6.45, 7) is 4.00. The van der Waals surface area contributed by atoms with Crippen molar-refractivity contribution in [1.29, 1.82) is 0 Å². The molecule has 1 heterocycles. The molecule has 0 aliphatic heterocycles. The number of benzene rings is 2. The molecule has 0 bridgehead atoms. The van der Waals surface area contributed by atoms with Crippen LogP contribution < -0.4 is 5.32 Å². The fourth-order valence-electron chi connectivity index (χ4n) is 2.50. The van der Waals surface area contributed by atoms with Crippen LogP contribution in [-0.2, 0) is 0 Å². The number of hydrogen-bond donors (Lipinski definition) is 2. The third-order valence-corrected chi connectivity index (χ3v) is 3.74. The van der Waals surface area contributed by atoms with Crippen LogP contribution >= 0.6 is 11.6 Å². The van der Waals surface area contributed by atoms with Crippen LogP contribution in [0, 0.1) is 13.8 Å². The molecule has 21 heavy (non-hydrogen) atoms. The van der Waals surface area contributed by atoms with E-state index in [9.17, 15) is 4.79 Å². The van der Waals surface area contributed by atoms with Gasteiger partial charge in [-0.15, -0.1) is 0 Å². The van der Waals surface area contributed by atoms with Crippen molar-refractivity contribution < 1.29 is 4.79 Å². The quantitative estimate of drug-likeness (QED) is 0.708. The molecule has 0 unspecified atom stereocenters. The van der Waals surface area contributed by atoms with Crippen molar-refractivity contribution >= 4 is 34.1 Å². The molecule has 3 rings (SSSR count). The van der Waals surface area contributed by atoms with E-state index in [1.54, 1.807) is 0 Å². The van der Waals surface area contributed by atoms with Gasteiger partial charge in [-0.1, -0.05) is 35.9 Å². The first-order valence-corrected chi connectivity index (χ1v) is 7.08.